The molecule has 20 heavy (non-hydrogen) atoms. The van der Waals surface area contributed by atoms with Gasteiger partial charge in [0.1, 0.15) is 0 Å². The van der Waals surface area contributed by atoms with Gasteiger partial charge < -0.3 is 10.1 Å². The van der Waals surface area contributed by atoms with Crippen molar-refractivity contribution in [3.8, 4) is 0 Å². The molecule has 0 fully saturated rings. The molecule has 0 radical (unpaired) electrons. The van der Waals surface area contributed by atoms with Gasteiger partial charge >= 0.3 is 5.97 Å². The van der Waals surface area contributed by atoms with E-state index in [-0.39, 0.29) is 5.91 Å². The quantitative estimate of drug-likeness (QED) is 0.859. The lowest BCUT2D eigenvalue weighted by Crippen LogP contribution is -2.13. The molecule has 5 nitrogen and oxygen atoms in total. The molecule has 2 aromatic rings. The molecule has 1 aromatic carbocycles. The summed E-state index contributed by atoms with van der Waals surface area (Å²) in [4.78, 5) is 27.3. The zero-order valence-electron chi connectivity index (χ0n) is 11.0. The third kappa shape index (κ3) is 3.89. The third-order valence-corrected chi connectivity index (χ3v) is 3.29. The Labute approximate surface area is 120 Å². The minimum Gasteiger partial charge on any atom is -0.465 e. The number of ether oxygens (including phenoxy) is 1. The Morgan fingerprint density at radius 1 is 1.40 bits per heavy atom. The second kappa shape index (κ2) is 6.81. The van der Waals surface area contributed by atoms with Gasteiger partial charge in [0.05, 0.1) is 23.9 Å². The summed E-state index contributed by atoms with van der Waals surface area (Å²) in [7, 11) is 1.32. The van der Waals surface area contributed by atoms with E-state index < -0.39 is 5.97 Å². The number of nitrogens with zero attached hydrogens (tertiary/aromatic N) is 1. The largest absolute Gasteiger partial charge is 0.465 e. The summed E-state index contributed by atoms with van der Waals surface area (Å²) in [5.41, 5.74) is 3.64. The number of carbonyl (C=O) groups is 2. The molecule has 1 heterocycles. The maximum absolute atomic E-state index is 11.8. The minimum absolute atomic E-state index is 0.111. The van der Waals surface area contributed by atoms with Crippen molar-refractivity contribution in [1.29, 1.82) is 0 Å². The number of thiazole rings is 1. The number of hydrogen-bond donors (Lipinski definition) is 1. The summed E-state index contributed by atoms with van der Waals surface area (Å²) < 4.78 is 4.63. The molecular formula is C14H14N2O3S. The van der Waals surface area contributed by atoms with Crippen molar-refractivity contribution in [2.75, 3.05) is 12.4 Å². The Hall–Kier alpha value is -2.21. The molecule has 1 N–H and O–H groups in total. The molecule has 0 aliphatic heterocycles. The number of rotatable bonds is 5. The number of nitrogens with one attached hydrogen (secondary N) is 1. The fourth-order valence-corrected chi connectivity index (χ4v) is 2.26. The molecule has 6 heteroatoms. The van der Waals surface area contributed by atoms with Gasteiger partial charge in [-0.05, 0) is 24.6 Å². The average Bonchev–Trinajstić information content (AvgIpc) is 2.98. The van der Waals surface area contributed by atoms with Crippen molar-refractivity contribution in [3.05, 3.63) is 46.4 Å². The number of anilines is 1. The number of carbonyl (C=O) groups excluding carboxylic acids is 2. The highest BCUT2D eigenvalue weighted by atomic mass is 32.1. The number of hydrogen-bond acceptors (Lipinski definition) is 5. The lowest BCUT2D eigenvalue weighted by Gasteiger charge is -2.06. The highest BCUT2D eigenvalue weighted by Crippen LogP contribution is 2.12. The van der Waals surface area contributed by atoms with Crippen LogP contribution in [0.5, 0.6) is 0 Å². The normalized spacial score (nSPS) is 10.1. The standard InChI is InChI=1S/C14H14N2O3S/c1-19-14(18)10-3-2-4-11(7-10)16-13(17)6-5-12-8-20-9-15-12/h2-4,7-9H,5-6H2,1H3,(H,16,17). The SMILES string of the molecule is COC(=O)c1cccc(NC(=O)CCc2cscn2)c1. The van der Waals surface area contributed by atoms with E-state index in [1.807, 2.05) is 5.38 Å². The van der Waals surface area contributed by atoms with Crippen LogP contribution < -0.4 is 5.32 Å². The molecular weight excluding hydrogens is 276 g/mol. The molecule has 104 valence electrons. The highest BCUT2D eigenvalue weighted by Gasteiger charge is 2.08. The zero-order valence-corrected chi connectivity index (χ0v) is 11.8. The molecule has 0 unspecified atom stereocenters. The van der Waals surface area contributed by atoms with E-state index in [1.54, 1.807) is 29.8 Å². The van der Waals surface area contributed by atoms with Crippen LogP contribution in [-0.2, 0) is 16.0 Å². The van der Waals surface area contributed by atoms with E-state index in [1.165, 1.54) is 18.4 Å². The summed E-state index contributed by atoms with van der Waals surface area (Å²) in [6.45, 7) is 0. The van der Waals surface area contributed by atoms with Gasteiger partial charge in [-0.15, -0.1) is 11.3 Å². The number of aromatic nitrogens is 1. The lowest BCUT2D eigenvalue weighted by molar-refractivity contribution is -0.116. The first kappa shape index (κ1) is 14.2. The number of aryl methyl sites for hydroxylation is 1. The van der Waals surface area contributed by atoms with E-state index in [4.69, 9.17) is 0 Å². The summed E-state index contributed by atoms with van der Waals surface area (Å²) in [5, 5.41) is 4.67. The van der Waals surface area contributed by atoms with Crippen LogP contribution in [0.15, 0.2) is 35.2 Å². The molecule has 0 aliphatic rings. The zero-order chi connectivity index (χ0) is 14.4. The van der Waals surface area contributed by atoms with Crippen molar-refractivity contribution in [1.82, 2.24) is 4.98 Å². The van der Waals surface area contributed by atoms with E-state index in [0.29, 0.717) is 24.1 Å². The minimum atomic E-state index is -0.427. The van der Waals surface area contributed by atoms with E-state index >= 15 is 0 Å². The van der Waals surface area contributed by atoms with Crippen molar-refractivity contribution in [3.63, 3.8) is 0 Å². The van der Waals surface area contributed by atoms with Gasteiger partial charge in [0.2, 0.25) is 5.91 Å². The molecule has 2 rings (SSSR count). The van der Waals surface area contributed by atoms with Gasteiger partial charge in [0, 0.05) is 17.5 Å². The number of benzene rings is 1. The van der Waals surface area contributed by atoms with Crippen molar-refractivity contribution in [2.24, 2.45) is 0 Å². The van der Waals surface area contributed by atoms with Crippen LogP contribution >= 0.6 is 11.3 Å². The fraction of sp³-hybridized carbons (Fsp3) is 0.214. The molecule has 0 atom stereocenters. The average molecular weight is 290 g/mol. The molecule has 1 aromatic heterocycles. The molecule has 0 spiro atoms. The number of esters is 1. The Bertz CT molecular complexity index is 596. The smallest absolute Gasteiger partial charge is 0.337 e. The van der Waals surface area contributed by atoms with Crippen molar-refractivity contribution in [2.45, 2.75) is 12.8 Å². The van der Waals surface area contributed by atoms with Crippen LogP contribution in [0.25, 0.3) is 0 Å². The first-order valence-electron chi connectivity index (χ1n) is 6.04. The van der Waals surface area contributed by atoms with Crippen LogP contribution in [0.1, 0.15) is 22.5 Å². The van der Waals surface area contributed by atoms with Crippen LogP contribution in [0.3, 0.4) is 0 Å². The fourth-order valence-electron chi connectivity index (χ4n) is 1.67. The Kier molecular flexibility index (Phi) is 4.84. The maximum Gasteiger partial charge on any atom is 0.337 e. The number of methoxy groups -OCH3 is 1. The lowest BCUT2D eigenvalue weighted by atomic mass is 10.2. The van der Waals surface area contributed by atoms with Gasteiger partial charge in [-0.2, -0.15) is 0 Å². The first-order chi connectivity index (χ1) is 9.69. The Balaban J connectivity index is 1.92. The monoisotopic (exact) mass is 290 g/mol. The van der Waals surface area contributed by atoms with Crippen LogP contribution in [0.4, 0.5) is 5.69 Å². The summed E-state index contributed by atoms with van der Waals surface area (Å²) in [6, 6.07) is 6.65. The highest BCUT2D eigenvalue weighted by molar-refractivity contribution is 7.07. The van der Waals surface area contributed by atoms with Crippen LogP contribution in [0, 0.1) is 0 Å². The van der Waals surface area contributed by atoms with E-state index in [0.717, 1.165) is 5.69 Å². The topological polar surface area (TPSA) is 68.3 Å². The summed E-state index contributed by atoms with van der Waals surface area (Å²) in [6.07, 6.45) is 0.957. The van der Waals surface area contributed by atoms with Gasteiger partial charge in [-0.1, -0.05) is 6.07 Å². The van der Waals surface area contributed by atoms with Crippen LogP contribution in [0.2, 0.25) is 0 Å². The Morgan fingerprint density at radius 3 is 2.95 bits per heavy atom. The molecule has 0 saturated carbocycles. The molecule has 0 bridgehead atoms. The van der Waals surface area contributed by atoms with E-state index in [2.05, 4.69) is 15.0 Å². The summed E-state index contributed by atoms with van der Waals surface area (Å²) >= 11 is 1.51. The molecule has 0 aliphatic carbocycles. The van der Waals surface area contributed by atoms with Gasteiger partial charge in [-0.3, -0.25) is 4.79 Å². The maximum atomic E-state index is 11.8. The third-order valence-electron chi connectivity index (χ3n) is 2.66. The predicted molar refractivity (Wildman–Crippen MR) is 76.8 cm³/mol. The van der Waals surface area contributed by atoms with Gasteiger partial charge in [0.25, 0.3) is 0 Å². The second-order valence-electron chi connectivity index (χ2n) is 4.10. The second-order valence-corrected chi connectivity index (χ2v) is 4.82. The Morgan fingerprint density at radius 2 is 2.25 bits per heavy atom. The predicted octanol–water partition coefficient (Wildman–Crippen LogP) is 2.50. The van der Waals surface area contributed by atoms with Gasteiger partial charge in [0.15, 0.2) is 0 Å². The van der Waals surface area contributed by atoms with Crippen molar-refractivity contribution >= 4 is 28.9 Å². The first-order valence-corrected chi connectivity index (χ1v) is 6.98. The van der Waals surface area contributed by atoms with Gasteiger partial charge in [-0.25, -0.2) is 9.78 Å². The van der Waals surface area contributed by atoms with Crippen molar-refractivity contribution < 1.29 is 14.3 Å². The summed E-state index contributed by atoms with van der Waals surface area (Å²) in [5.74, 6) is -0.538. The molecule has 0 saturated heterocycles. The number of amides is 1. The molecule has 1 amide bonds. The van der Waals surface area contributed by atoms with E-state index in [9.17, 15) is 9.59 Å². The van der Waals surface area contributed by atoms with Crippen LogP contribution in [-0.4, -0.2) is 24.0 Å².